The van der Waals surface area contributed by atoms with Crippen LogP contribution in [0.5, 0.6) is 0 Å². The molecule has 0 spiro atoms. The van der Waals surface area contributed by atoms with Crippen LogP contribution in [-0.4, -0.2) is 17.9 Å². The van der Waals surface area contributed by atoms with E-state index in [9.17, 15) is 0 Å². The molecule has 0 atom stereocenters. The second-order valence-electron chi connectivity index (χ2n) is 2.59. The van der Waals surface area contributed by atoms with Crippen molar-refractivity contribution >= 4 is 23.5 Å². The summed E-state index contributed by atoms with van der Waals surface area (Å²) >= 11 is 4.89. The van der Waals surface area contributed by atoms with Gasteiger partial charge in [0.2, 0.25) is 0 Å². The number of thiocarbonyl (C=S) groups is 1. The normalized spacial score (nSPS) is 16.8. The van der Waals surface area contributed by atoms with Crippen molar-refractivity contribution in [1.29, 1.82) is 0 Å². The van der Waals surface area contributed by atoms with Gasteiger partial charge in [0.05, 0.1) is 0 Å². The van der Waals surface area contributed by atoms with Gasteiger partial charge in [-0.1, -0.05) is 0 Å². The molecule has 3 nitrogen and oxygen atoms in total. The maximum Gasteiger partial charge on any atom is 0.186 e. The lowest BCUT2D eigenvalue weighted by atomic mass is 10.5. The third kappa shape index (κ3) is 3.93. The van der Waals surface area contributed by atoms with Gasteiger partial charge in [0, 0.05) is 12.8 Å². The van der Waals surface area contributed by atoms with Gasteiger partial charge in [-0.3, -0.25) is 5.43 Å². The Morgan fingerprint density at radius 3 is 3.00 bits per heavy atom. The van der Waals surface area contributed by atoms with Crippen molar-refractivity contribution in [3.05, 3.63) is 0 Å². The van der Waals surface area contributed by atoms with Gasteiger partial charge >= 0.3 is 0 Å². The van der Waals surface area contributed by atoms with Crippen LogP contribution in [0, 0.1) is 5.92 Å². The van der Waals surface area contributed by atoms with Crippen LogP contribution in [0.25, 0.3) is 0 Å². The molecule has 1 saturated carbocycles. The molecule has 0 bridgehead atoms. The van der Waals surface area contributed by atoms with Gasteiger partial charge in [0.25, 0.3) is 0 Å². The van der Waals surface area contributed by atoms with E-state index < -0.39 is 0 Å². The highest BCUT2D eigenvalue weighted by atomic mass is 32.1. The Balaban J connectivity index is 2.04. The molecule has 0 heterocycles. The number of hydrazone groups is 1. The largest absolute Gasteiger partial charge is 0.362 e. The fraction of sp³-hybridized carbons (Fsp3) is 0.714. The van der Waals surface area contributed by atoms with E-state index in [0.717, 1.165) is 6.54 Å². The highest BCUT2D eigenvalue weighted by molar-refractivity contribution is 7.80. The van der Waals surface area contributed by atoms with Crippen molar-refractivity contribution in [2.24, 2.45) is 11.0 Å². The van der Waals surface area contributed by atoms with E-state index in [2.05, 4.69) is 15.8 Å². The van der Waals surface area contributed by atoms with Crippen molar-refractivity contribution < 1.29 is 0 Å². The van der Waals surface area contributed by atoms with Gasteiger partial charge in [0.1, 0.15) is 0 Å². The summed E-state index contributed by atoms with van der Waals surface area (Å²) in [7, 11) is 0. The van der Waals surface area contributed by atoms with Crippen molar-refractivity contribution in [3.63, 3.8) is 0 Å². The smallest absolute Gasteiger partial charge is 0.186 e. The fourth-order valence-electron chi connectivity index (χ4n) is 0.647. The predicted octanol–water partition coefficient (Wildman–Crippen LogP) is 0.866. The number of hydrogen-bond donors (Lipinski definition) is 2. The molecule has 1 aliphatic rings. The standard InChI is InChI=1S/C7H13N3S/c1-2-8-7(11)10-9-5-6-3-4-6/h5-6H,2-4H2,1H3,(H2,8,10,11)/b9-5+. The summed E-state index contributed by atoms with van der Waals surface area (Å²) in [5.74, 6) is 0.701. The minimum atomic E-state index is 0.601. The molecule has 1 rings (SSSR count). The first-order chi connectivity index (χ1) is 5.33. The zero-order valence-electron chi connectivity index (χ0n) is 6.63. The lowest BCUT2D eigenvalue weighted by molar-refractivity contribution is 0.899. The number of nitrogens with one attached hydrogen (secondary N) is 2. The summed E-state index contributed by atoms with van der Waals surface area (Å²) in [6.45, 7) is 2.84. The van der Waals surface area contributed by atoms with E-state index in [1.807, 2.05) is 13.1 Å². The summed E-state index contributed by atoms with van der Waals surface area (Å²) in [6, 6.07) is 0. The Bertz CT molecular complexity index is 163. The van der Waals surface area contributed by atoms with Crippen LogP contribution in [-0.2, 0) is 0 Å². The molecule has 0 aromatic heterocycles. The average Bonchev–Trinajstić information content (AvgIpc) is 2.72. The van der Waals surface area contributed by atoms with Crippen LogP contribution in [0.15, 0.2) is 5.10 Å². The Morgan fingerprint density at radius 1 is 1.73 bits per heavy atom. The van der Waals surface area contributed by atoms with Gasteiger partial charge < -0.3 is 5.32 Å². The van der Waals surface area contributed by atoms with Crippen LogP contribution in [0.4, 0.5) is 0 Å². The van der Waals surface area contributed by atoms with Crippen LogP contribution < -0.4 is 10.7 Å². The van der Waals surface area contributed by atoms with E-state index in [0.29, 0.717) is 11.0 Å². The number of rotatable bonds is 3. The van der Waals surface area contributed by atoms with Gasteiger partial charge in [0.15, 0.2) is 5.11 Å². The SMILES string of the molecule is CCNC(=S)N/N=C/C1CC1. The molecule has 1 aliphatic carbocycles. The molecule has 4 heteroatoms. The van der Waals surface area contributed by atoms with Gasteiger partial charge in [-0.15, -0.1) is 0 Å². The molecule has 11 heavy (non-hydrogen) atoms. The highest BCUT2D eigenvalue weighted by Gasteiger charge is 2.18. The molecule has 0 amide bonds. The third-order valence-electron chi connectivity index (χ3n) is 1.41. The second-order valence-corrected chi connectivity index (χ2v) is 3.00. The summed E-state index contributed by atoms with van der Waals surface area (Å²) in [4.78, 5) is 0. The minimum Gasteiger partial charge on any atom is -0.362 e. The van der Waals surface area contributed by atoms with Gasteiger partial charge in [-0.25, -0.2) is 0 Å². The molecule has 1 fully saturated rings. The van der Waals surface area contributed by atoms with Crippen LogP contribution >= 0.6 is 12.2 Å². The van der Waals surface area contributed by atoms with Crippen molar-refractivity contribution in [1.82, 2.24) is 10.7 Å². The fourth-order valence-corrected chi connectivity index (χ4v) is 0.844. The predicted molar refractivity (Wildman–Crippen MR) is 50.6 cm³/mol. The summed E-state index contributed by atoms with van der Waals surface area (Å²) in [5.41, 5.74) is 2.74. The molecule has 0 aromatic carbocycles. The van der Waals surface area contributed by atoms with Gasteiger partial charge in [-0.2, -0.15) is 5.10 Å². The molecule has 0 radical (unpaired) electrons. The molecule has 0 aliphatic heterocycles. The van der Waals surface area contributed by atoms with Gasteiger partial charge in [-0.05, 0) is 37.9 Å². The van der Waals surface area contributed by atoms with Crippen molar-refractivity contribution in [3.8, 4) is 0 Å². The first-order valence-corrected chi connectivity index (χ1v) is 4.30. The summed E-state index contributed by atoms with van der Waals surface area (Å²) < 4.78 is 0. The average molecular weight is 171 g/mol. The Kier molecular flexibility index (Phi) is 3.29. The third-order valence-corrected chi connectivity index (χ3v) is 1.65. The quantitative estimate of drug-likeness (QED) is 0.376. The summed E-state index contributed by atoms with van der Waals surface area (Å²) in [5, 5.41) is 7.52. The molecule has 0 aromatic rings. The maximum absolute atomic E-state index is 4.89. The monoisotopic (exact) mass is 171 g/mol. The first-order valence-electron chi connectivity index (χ1n) is 3.90. The van der Waals surface area contributed by atoms with E-state index >= 15 is 0 Å². The molecule has 0 saturated heterocycles. The first kappa shape index (κ1) is 8.46. The summed E-state index contributed by atoms with van der Waals surface area (Å²) in [6.07, 6.45) is 4.47. The highest BCUT2D eigenvalue weighted by Crippen LogP contribution is 2.25. The zero-order valence-corrected chi connectivity index (χ0v) is 7.45. The molecular formula is C7H13N3S. The molecular weight excluding hydrogens is 158 g/mol. The molecule has 0 unspecified atom stereocenters. The second kappa shape index (κ2) is 4.28. The minimum absolute atomic E-state index is 0.601. The maximum atomic E-state index is 4.89. The molecule has 2 N–H and O–H groups in total. The lowest BCUT2D eigenvalue weighted by Gasteiger charge is -2.01. The van der Waals surface area contributed by atoms with Crippen molar-refractivity contribution in [2.75, 3.05) is 6.54 Å². The Labute approximate surface area is 72.2 Å². The lowest BCUT2D eigenvalue weighted by Crippen LogP contribution is -2.31. The topological polar surface area (TPSA) is 36.4 Å². The van der Waals surface area contributed by atoms with Crippen LogP contribution in [0.3, 0.4) is 0 Å². The van der Waals surface area contributed by atoms with Crippen LogP contribution in [0.2, 0.25) is 0 Å². The van der Waals surface area contributed by atoms with Crippen LogP contribution in [0.1, 0.15) is 19.8 Å². The van der Waals surface area contributed by atoms with E-state index in [-0.39, 0.29) is 0 Å². The van der Waals surface area contributed by atoms with E-state index in [1.54, 1.807) is 0 Å². The van der Waals surface area contributed by atoms with E-state index in [1.165, 1.54) is 12.8 Å². The zero-order chi connectivity index (χ0) is 8.10. The number of hydrogen-bond acceptors (Lipinski definition) is 2. The van der Waals surface area contributed by atoms with Crippen molar-refractivity contribution in [2.45, 2.75) is 19.8 Å². The molecule has 62 valence electrons. The van der Waals surface area contributed by atoms with E-state index in [4.69, 9.17) is 12.2 Å². The Hall–Kier alpha value is -0.640. The Morgan fingerprint density at radius 2 is 2.45 bits per heavy atom. The number of nitrogens with zero attached hydrogens (tertiary/aromatic N) is 1.